The van der Waals surface area contributed by atoms with Crippen LogP contribution in [0.4, 0.5) is 0 Å². The molecule has 1 rings (SSSR count). The molecule has 0 heterocycles. The average molecular weight is 194 g/mol. The lowest BCUT2D eigenvalue weighted by Crippen LogP contribution is -2.39. The van der Waals surface area contributed by atoms with Crippen molar-refractivity contribution in [2.45, 2.75) is 52.0 Å². The molecule has 1 atom stereocenters. The second-order valence-corrected chi connectivity index (χ2v) is 4.41. The Balaban J connectivity index is 2.40. The summed E-state index contributed by atoms with van der Waals surface area (Å²) in [5.74, 6) is 0.178. The third kappa shape index (κ3) is 3.31. The number of nitrogens with zero attached hydrogens (tertiary/aromatic N) is 2. The fourth-order valence-electron chi connectivity index (χ4n) is 2.38. The molecule has 0 spiro atoms. The first-order chi connectivity index (χ1) is 6.77. The van der Waals surface area contributed by atoms with E-state index < -0.39 is 0 Å². The highest BCUT2D eigenvalue weighted by atomic mass is 15.1. The zero-order valence-corrected chi connectivity index (χ0v) is 9.50. The van der Waals surface area contributed by atoms with E-state index in [1.54, 1.807) is 0 Å². The smallest absolute Gasteiger partial charge is 0.0666 e. The van der Waals surface area contributed by atoms with Crippen LogP contribution in [0.15, 0.2) is 0 Å². The van der Waals surface area contributed by atoms with Crippen LogP contribution in [0, 0.1) is 17.2 Å². The molecule has 0 saturated heterocycles. The third-order valence-electron chi connectivity index (χ3n) is 3.23. The fraction of sp³-hybridized carbons (Fsp3) is 0.917. The first-order valence-corrected chi connectivity index (χ1v) is 5.91. The van der Waals surface area contributed by atoms with Crippen LogP contribution in [0.25, 0.3) is 0 Å². The SMILES string of the molecule is CCN(CC(C)C#N)C1CCCCC1. The molecular formula is C12H22N2. The van der Waals surface area contributed by atoms with Gasteiger partial charge in [0.25, 0.3) is 0 Å². The molecule has 14 heavy (non-hydrogen) atoms. The maximum atomic E-state index is 8.80. The van der Waals surface area contributed by atoms with Crippen molar-refractivity contribution in [1.82, 2.24) is 4.90 Å². The molecule has 0 aromatic heterocycles. The van der Waals surface area contributed by atoms with Crippen molar-refractivity contribution in [2.24, 2.45) is 5.92 Å². The largest absolute Gasteiger partial charge is 0.299 e. The molecule has 0 aromatic carbocycles. The van der Waals surface area contributed by atoms with Gasteiger partial charge >= 0.3 is 0 Å². The summed E-state index contributed by atoms with van der Waals surface area (Å²) in [4.78, 5) is 2.49. The number of nitriles is 1. The first kappa shape index (κ1) is 11.5. The normalized spacial score (nSPS) is 20.7. The van der Waals surface area contributed by atoms with Crippen molar-refractivity contribution >= 4 is 0 Å². The topological polar surface area (TPSA) is 27.0 Å². The average Bonchev–Trinajstić information content (AvgIpc) is 2.26. The Bertz CT molecular complexity index is 189. The molecule has 80 valence electrons. The molecule has 1 unspecified atom stereocenters. The van der Waals surface area contributed by atoms with Gasteiger partial charge in [0, 0.05) is 12.6 Å². The molecule has 0 amide bonds. The van der Waals surface area contributed by atoms with Gasteiger partial charge in [0.2, 0.25) is 0 Å². The van der Waals surface area contributed by atoms with E-state index in [1.807, 2.05) is 6.92 Å². The van der Waals surface area contributed by atoms with Gasteiger partial charge in [-0.25, -0.2) is 0 Å². The summed E-state index contributed by atoms with van der Waals surface area (Å²) in [5, 5.41) is 8.80. The highest BCUT2D eigenvalue weighted by molar-refractivity contribution is 4.84. The van der Waals surface area contributed by atoms with E-state index in [4.69, 9.17) is 5.26 Å². The molecule has 1 saturated carbocycles. The molecule has 1 aliphatic carbocycles. The van der Waals surface area contributed by atoms with Crippen LogP contribution in [0.5, 0.6) is 0 Å². The van der Waals surface area contributed by atoms with Gasteiger partial charge in [0.1, 0.15) is 0 Å². The standard InChI is InChI=1S/C12H22N2/c1-3-14(10-11(2)9-13)12-7-5-4-6-8-12/h11-12H,3-8,10H2,1-2H3. The van der Waals surface area contributed by atoms with Crippen molar-refractivity contribution in [2.75, 3.05) is 13.1 Å². The molecule has 0 radical (unpaired) electrons. The second-order valence-electron chi connectivity index (χ2n) is 4.41. The zero-order chi connectivity index (χ0) is 10.4. The van der Waals surface area contributed by atoms with Crippen LogP contribution in [-0.2, 0) is 0 Å². The Hall–Kier alpha value is -0.550. The molecule has 2 heteroatoms. The van der Waals surface area contributed by atoms with Crippen molar-refractivity contribution < 1.29 is 0 Å². The summed E-state index contributed by atoms with van der Waals surface area (Å²) in [6.45, 7) is 6.28. The van der Waals surface area contributed by atoms with E-state index >= 15 is 0 Å². The maximum Gasteiger partial charge on any atom is 0.0666 e. The lowest BCUT2D eigenvalue weighted by molar-refractivity contribution is 0.153. The van der Waals surface area contributed by atoms with E-state index in [-0.39, 0.29) is 5.92 Å². The molecule has 2 nitrogen and oxygen atoms in total. The summed E-state index contributed by atoms with van der Waals surface area (Å²) in [6, 6.07) is 3.08. The number of hydrogen-bond acceptors (Lipinski definition) is 2. The minimum absolute atomic E-state index is 0.178. The predicted octanol–water partition coefficient (Wildman–Crippen LogP) is 2.80. The Morgan fingerprint density at radius 1 is 1.36 bits per heavy atom. The highest BCUT2D eigenvalue weighted by Crippen LogP contribution is 2.22. The quantitative estimate of drug-likeness (QED) is 0.688. The maximum absolute atomic E-state index is 8.80. The van der Waals surface area contributed by atoms with Crippen LogP contribution in [0.3, 0.4) is 0 Å². The van der Waals surface area contributed by atoms with Gasteiger partial charge in [-0.2, -0.15) is 5.26 Å². The van der Waals surface area contributed by atoms with Crippen LogP contribution >= 0.6 is 0 Å². The summed E-state index contributed by atoms with van der Waals surface area (Å²) >= 11 is 0. The van der Waals surface area contributed by atoms with E-state index in [1.165, 1.54) is 32.1 Å². The molecule has 0 N–H and O–H groups in total. The molecule has 0 aliphatic heterocycles. The lowest BCUT2D eigenvalue weighted by atomic mass is 9.93. The Labute approximate surface area is 87.9 Å². The highest BCUT2D eigenvalue weighted by Gasteiger charge is 2.20. The fourth-order valence-corrected chi connectivity index (χ4v) is 2.38. The van der Waals surface area contributed by atoms with E-state index in [0.29, 0.717) is 0 Å². The van der Waals surface area contributed by atoms with Gasteiger partial charge < -0.3 is 0 Å². The van der Waals surface area contributed by atoms with Crippen molar-refractivity contribution in [3.63, 3.8) is 0 Å². The zero-order valence-electron chi connectivity index (χ0n) is 9.50. The minimum Gasteiger partial charge on any atom is -0.299 e. The first-order valence-electron chi connectivity index (χ1n) is 5.91. The number of hydrogen-bond donors (Lipinski definition) is 0. The van der Waals surface area contributed by atoms with Crippen LogP contribution in [-0.4, -0.2) is 24.0 Å². The van der Waals surface area contributed by atoms with Crippen molar-refractivity contribution in [3.8, 4) is 6.07 Å². The van der Waals surface area contributed by atoms with Gasteiger partial charge in [-0.15, -0.1) is 0 Å². The van der Waals surface area contributed by atoms with Gasteiger partial charge in [0.05, 0.1) is 12.0 Å². The van der Waals surface area contributed by atoms with E-state index in [2.05, 4.69) is 17.9 Å². The van der Waals surface area contributed by atoms with E-state index in [9.17, 15) is 0 Å². The Morgan fingerprint density at radius 2 is 2.00 bits per heavy atom. The molecule has 1 aliphatic rings. The number of rotatable bonds is 4. The third-order valence-corrected chi connectivity index (χ3v) is 3.23. The lowest BCUT2D eigenvalue weighted by Gasteiger charge is -2.34. The van der Waals surface area contributed by atoms with E-state index in [0.717, 1.165) is 19.1 Å². The monoisotopic (exact) mass is 194 g/mol. The molecule has 0 aromatic rings. The van der Waals surface area contributed by atoms with Gasteiger partial charge in [-0.05, 0) is 26.3 Å². The van der Waals surface area contributed by atoms with Crippen LogP contribution in [0.2, 0.25) is 0 Å². The van der Waals surface area contributed by atoms with Gasteiger partial charge in [-0.1, -0.05) is 26.2 Å². The van der Waals surface area contributed by atoms with Gasteiger partial charge in [-0.3, -0.25) is 4.90 Å². The van der Waals surface area contributed by atoms with Crippen LogP contribution in [0.1, 0.15) is 46.0 Å². The van der Waals surface area contributed by atoms with Gasteiger partial charge in [0.15, 0.2) is 0 Å². The van der Waals surface area contributed by atoms with Crippen molar-refractivity contribution in [3.05, 3.63) is 0 Å². The summed E-state index contributed by atoms with van der Waals surface area (Å²) in [7, 11) is 0. The minimum atomic E-state index is 0.178. The Morgan fingerprint density at radius 3 is 2.50 bits per heavy atom. The van der Waals surface area contributed by atoms with Crippen molar-refractivity contribution in [1.29, 1.82) is 5.26 Å². The summed E-state index contributed by atoms with van der Waals surface area (Å²) in [6.07, 6.45) is 6.84. The summed E-state index contributed by atoms with van der Waals surface area (Å²) in [5.41, 5.74) is 0. The molecular weight excluding hydrogens is 172 g/mol. The Kier molecular flexibility index (Phi) is 4.97. The molecule has 1 fully saturated rings. The molecule has 0 bridgehead atoms. The predicted molar refractivity (Wildman–Crippen MR) is 58.9 cm³/mol. The second kappa shape index (κ2) is 6.03. The summed E-state index contributed by atoms with van der Waals surface area (Å²) < 4.78 is 0. The van der Waals surface area contributed by atoms with Crippen LogP contribution < -0.4 is 0 Å².